The molecule has 2 unspecified atom stereocenters. The first-order valence-electron chi connectivity index (χ1n) is 16.9. The van der Waals surface area contributed by atoms with E-state index in [1.807, 2.05) is 42.2 Å². The second-order valence-corrected chi connectivity index (χ2v) is 14.2. The number of unbranched alkanes of at least 4 members (excludes halogenated alkanes) is 1. The number of piperazine rings is 1. The van der Waals surface area contributed by atoms with Crippen LogP contribution in [0.5, 0.6) is 0 Å². The van der Waals surface area contributed by atoms with Gasteiger partial charge in [-0.25, -0.2) is 14.8 Å². The number of carbonyl (C=O) groups is 3. The third kappa shape index (κ3) is 10.1. The minimum atomic E-state index is -4.26. The van der Waals surface area contributed by atoms with E-state index in [1.165, 1.54) is 0 Å². The Morgan fingerprint density at radius 1 is 0.960 bits per heavy atom. The van der Waals surface area contributed by atoms with Crippen molar-refractivity contribution >= 4 is 31.3 Å². The number of carbonyl (C=O) groups excluding carboxylic acids is 3. The van der Waals surface area contributed by atoms with Gasteiger partial charge in [-0.3, -0.25) is 14.2 Å². The van der Waals surface area contributed by atoms with Gasteiger partial charge in [-0.1, -0.05) is 67.9 Å². The molecule has 1 aromatic heterocycles. The van der Waals surface area contributed by atoms with Crippen LogP contribution in [-0.4, -0.2) is 113 Å². The minimum absolute atomic E-state index is 0.0381. The van der Waals surface area contributed by atoms with E-state index >= 15 is 0 Å². The van der Waals surface area contributed by atoms with Crippen molar-refractivity contribution in [2.24, 2.45) is 0 Å². The number of ether oxygens (including phenoxy) is 2. The summed E-state index contributed by atoms with van der Waals surface area (Å²) in [6.45, 7) is 4.78. The molecule has 15 heteroatoms. The maximum Gasteiger partial charge on any atom is 0.409 e. The van der Waals surface area contributed by atoms with Crippen LogP contribution in [0.2, 0.25) is 0 Å². The van der Waals surface area contributed by atoms with Crippen LogP contribution in [0.4, 0.5) is 10.6 Å². The molecule has 2 aliphatic rings. The molecule has 2 atom stereocenters. The summed E-state index contributed by atoms with van der Waals surface area (Å²) in [6.07, 6.45) is 1.84. The number of amides is 3. The number of hydrogen-bond acceptors (Lipinski definition) is 9. The standard InChI is InChI=1S/C35H45N6O8P/c1-3-4-20-49-35(44)40-18-16-39(17-19-40)34(43)30(21-25-10-12-26(13-11-25)24-50(45,46)47)37-33(42)29-22-31(41-15-14-28(23-41)48-2)38-32(36-29)27-8-6-5-7-9-27/h5-13,22,28,30H,3-4,14-21,23-24H2,1-2H3,(H,37,42)(H2,45,46,47). The monoisotopic (exact) mass is 708 g/mol. The quantitative estimate of drug-likeness (QED) is 0.175. The molecule has 2 saturated heterocycles. The van der Waals surface area contributed by atoms with E-state index in [0.717, 1.165) is 24.8 Å². The molecule has 5 rings (SSSR count). The van der Waals surface area contributed by atoms with Gasteiger partial charge in [-0.2, -0.15) is 0 Å². The van der Waals surface area contributed by atoms with Crippen molar-refractivity contribution in [2.75, 3.05) is 57.9 Å². The Hall–Kier alpha value is -4.36. The number of hydrogen-bond donors (Lipinski definition) is 3. The Bertz CT molecular complexity index is 1660. The molecule has 0 bridgehead atoms. The Morgan fingerprint density at radius 2 is 1.64 bits per heavy atom. The second kappa shape index (κ2) is 17.0. The summed E-state index contributed by atoms with van der Waals surface area (Å²) in [7, 11) is -2.59. The van der Waals surface area contributed by atoms with Crippen LogP contribution in [-0.2, 0) is 31.4 Å². The normalized spacial score (nSPS) is 17.0. The molecule has 3 N–H and O–H groups in total. The van der Waals surface area contributed by atoms with Gasteiger partial charge < -0.3 is 39.3 Å². The van der Waals surface area contributed by atoms with Crippen molar-refractivity contribution in [1.29, 1.82) is 0 Å². The summed E-state index contributed by atoms with van der Waals surface area (Å²) in [6, 6.07) is 16.6. The van der Waals surface area contributed by atoms with Gasteiger partial charge in [0.1, 0.15) is 17.6 Å². The fourth-order valence-electron chi connectivity index (χ4n) is 5.97. The molecule has 0 aliphatic carbocycles. The lowest BCUT2D eigenvalue weighted by Gasteiger charge is -2.36. The third-order valence-electron chi connectivity index (χ3n) is 8.81. The summed E-state index contributed by atoms with van der Waals surface area (Å²) in [4.78, 5) is 74.0. The van der Waals surface area contributed by atoms with Gasteiger partial charge in [-0.05, 0) is 24.0 Å². The van der Waals surface area contributed by atoms with E-state index in [4.69, 9.17) is 14.5 Å². The van der Waals surface area contributed by atoms with Gasteiger partial charge in [-0.15, -0.1) is 0 Å². The van der Waals surface area contributed by atoms with Crippen molar-refractivity contribution in [2.45, 2.75) is 50.9 Å². The van der Waals surface area contributed by atoms with Crippen molar-refractivity contribution in [1.82, 2.24) is 25.1 Å². The molecule has 3 aromatic rings. The summed E-state index contributed by atoms with van der Waals surface area (Å²) in [5.41, 5.74) is 1.98. The van der Waals surface area contributed by atoms with Gasteiger partial charge in [0.05, 0.1) is 18.9 Å². The summed E-state index contributed by atoms with van der Waals surface area (Å²) >= 11 is 0. The minimum Gasteiger partial charge on any atom is -0.449 e. The molecule has 0 radical (unpaired) electrons. The molecular weight excluding hydrogens is 663 g/mol. The number of nitrogens with one attached hydrogen (secondary N) is 1. The molecule has 0 saturated carbocycles. The number of nitrogens with zero attached hydrogens (tertiary/aromatic N) is 5. The zero-order chi connectivity index (χ0) is 35.7. The molecule has 268 valence electrons. The Balaban J connectivity index is 1.38. The highest BCUT2D eigenvalue weighted by molar-refractivity contribution is 7.50. The predicted molar refractivity (Wildman–Crippen MR) is 187 cm³/mol. The third-order valence-corrected chi connectivity index (χ3v) is 9.58. The Labute approximate surface area is 291 Å². The zero-order valence-electron chi connectivity index (χ0n) is 28.4. The smallest absolute Gasteiger partial charge is 0.409 e. The van der Waals surface area contributed by atoms with Gasteiger partial charge in [0.2, 0.25) is 5.91 Å². The maximum atomic E-state index is 14.1. The van der Waals surface area contributed by atoms with Crippen molar-refractivity contribution < 1.29 is 38.2 Å². The van der Waals surface area contributed by atoms with Gasteiger partial charge in [0.15, 0.2) is 5.82 Å². The van der Waals surface area contributed by atoms with Crippen LogP contribution in [0.3, 0.4) is 0 Å². The van der Waals surface area contributed by atoms with E-state index < -0.39 is 31.8 Å². The number of benzene rings is 2. The van der Waals surface area contributed by atoms with Crippen LogP contribution in [0, 0.1) is 0 Å². The summed E-state index contributed by atoms with van der Waals surface area (Å²) < 4.78 is 22.4. The van der Waals surface area contributed by atoms with Gasteiger partial charge >= 0.3 is 13.7 Å². The van der Waals surface area contributed by atoms with Gasteiger partial charge in [0, 0.05) is 64.4 Å². The largest absolute Gasteiger partial charge is 0.449 e. The molecular formula is C35H45N6O8P. The summed E-state index contributed by atoms with van der Waals surface area (Å²) in [5, 5.41) is 2.92. The van der Waals surface area contributed by atoms with Crippen molar-refractivity contribution in [3.63, 3.8) is 0 Å². The number of methoxy groups -OCH3 is 1. The average Bonchev–Trinajstić information content (AvgIpc) is 3.61. The lowest BCUT2D eigenvalue weighted by Crippen LogP contribution is -2.56. The molecule has 2 aromatic carbocycles. The molecule has 2 aliphatic heterocycles. The highest BCUT2D eigenvalue weighted by Gasteiger charge is 2.32. The first-order chi connectivity index (χ1) is 24.0. The van der Waals surface area contributed by atoms with E-state index in [2.05, 4.69) is 10.3 Å². The van der Waals surface area contributed by atoms with E-state index in [1.54, 1.807) is 47.2 Å². The number of aromatic nitrogens is 2. The van der Waals surface area contributed by atoms with Crippen LogP contribution in [0.1, 0.15) is 47.8 Å². The molecule has 2 fully saturated rings. The van der Waals surface area contributed by atoms with E-state index in [-0.39, 0.29) is 37.2 Å². The Kier molecular flexibility index (Phi) is 12.6. The first-order valence-corrected chi connectivity index (χ1v) is 18.7. The first kappa shape index (κ1) is 36.9. The fraction of sp³-hybridized carbons (Fsp3) is 0.457. The Morgan fingerprint density at radius 3 is 2.28 bits per heavy atom. The highest BCUT2D eigenvalue weighted by atomic mass is 31.2. The lowest BCUT2D eigenvalue weighted by atomic mass is 10.0. The predicted octanol–water partition coefficient (Wildman–Crippen LogP) is 3.47. The lowest BCUT2D eigenvalue weighted by molar-refractivity contribution is -0.134. The molecule has 0 spiro atoms. The molecule has 3 amide bonds. The van der Waals surface area contributed by atoms with Crippen LogP contribution < -0.4 is 10.2 Å². The molecule has 14 nitrogen and oxygen atoms in total. The maximum absolute atomic E-state index is 14.1. The van der Waals surface area contributed by atoms with E-state index in [0.29, 0.717) is 55.6 Å². The van der Waals surface area contributed by atoms with Crippen molar-refractivity contribution in [3.8, 4) is 11.4 Å². The zero-order valence-corrected chi connectivity index (χ0v) is 29.3. The fourth-order valence-corrected chi connectivity index (χ4v) is 6.66. The second-order valence-electron chi connectivity index (χ2n) is 12.5. The molecule has 3 heterocycles. The highest BCUT2D eigenvalue weighted by Crippen LogP contribution is 2.39. The molecule has 50 heavy (non-hydrogen) atoms. The van der Waals surface area contributed by atoms with Crippen molar-refractivity contribution in [3.05, 3.63) is 77.5 Å². The van der Waals surface area contributed by atoms with Crippen LogP contribution >= 0.6 is 7.60 Å². The SMILES string of the molecule is CCCCOC(=O)N1CCN(C(=O)C(Cc2ccc(CP(=O)(O)O)cc2)NC(=O)c2cc(N3CCC(OC)C3)nc(-c3ccccc3)n2)CC1. The van der Waals surface area contributed by atoms with Gasteiger partial charge in [0.25, 0.3) is 5.91 Å². The van der Waals surface area contributed by atoms with E-state index in [9.17, 15) is 28.7 Å². The average molecular weight is 709 g/mol. The number of anilines is 1. The summed E-state index contributed by atoms with van der Waals surface area (Å²) in [5.74, 6) is 0.0771. The topological polar surface area (TPSA) is 175 Å². The van der Waals surface area contributed by atoms with Crippen LogP contribution in [0.15, 0.2) is 60.7 Å². The van der Waals surface area contributed by atoms with Crippen LogP contribution in [0.25, 0.3) is 11.4 Å². The number of rotatable bonds is 13.